The molecule has 0 aliphatic carbocycles. The molecule has 1 unspecified atom stereocenters. The zero-order valence-electron chi connectivity index (χ0n) is 12.0. The van der Waals surface area contributed by atoms with Crippen LogP contribution in [0.2, 0.25) is 0 Å². The second kappa shape index (κ2) is 8.06. The summed E-state index contributed by atoms with van der Waals surface area (Å²) >= 11 is 0. The second-order valence-electron chi connectivity index (χ2n) is 5.96. The molecule has 1 fully saturated rings. The third-order valence-electron chi connectivity index (χ3n) is 3.96. The molecule has 0 amide bonds. The third-order valence-corrected chi connectivity index (χ3v) is 3.96. The molecule has 1 aliphatic heterocycles. The van der Waals surface area contributed by atoms with Crippen molar-refractivity contribution in [3.8, 4) is 0 Å². The summed E-state index contributed by atoms with van der Waals surface area (Å²) in [6, 6.07) is 0.359. The highest BCUT2D eigenvalue weighted by atomic mass is 15.1. The Hall–Kier alpha value is -0.120. The highest BCUT2D eigenvalue weighted by Gasteiger charge is 2.16. The minimum atomic E-state index is 0.359. The van der Waals surface area contributed by atoms with Crippen molar-refractivity contribution < 1.29 is 0 Å². The van der Waals surface area contributed by atoms with E-state index >= 15 is 0 Å². The topological polar surface area (TPSA) is 32.5 Å². The van der Waals surface area contributed by atoms with E-state index in [1.54, 1.807) is 0 Å². The smallest absolute Gasteiger partial charge is 0.00109 e. The van der Waals surface area contributed by atoms with Crippen molar-refractivity contribution in [1.29, 1.82) is 0 Å². The Kier molecular flexibility index (Phi) is 7.09. The van der Waals surface area contributed by atoms with E-state index in [4.69, 9.17) is 5.73 Å². The SMILES string of the molecule is CC(N)CCCN(C)CCC1CCN(C)CC1. The quantitative estimate of drug-likeness (QED) is 0.737. The number of hydrogen-bond acceptors (Lipinski definition) is 3. The molecule has 3 nitrogen and oxygen atoms in total. The van der Waals surface area contributed by atoms with Crippen LogP contribution in [0.4, 0.5) is 0 Å². The maximum atomic E-state index is 5.76. The standard InChI is InChI=1S/C14H31N3/c1-13(15)5-4-9-16(2)10-6-14-7-11-17(3)12-8-14/h13-14H,4-12,15H2,1-3H3. The van der Waals surface area contributed by atoms with E-state index in [2.05, 4.69) is 30.8 Å². The molecular formula is C14H31N3. The normalized spacial score (nSPS) is 21.0. The summed E-state index contributed by atoms with van der Waals surface area (Å²) in [5.74, 6) is 0.960. The van der Waals surface area contributed by atoms with Gasteiger partial charge in [0.05, 0.1) is 0 Å². The lowest BCUT2D eigenvalue weighted by atomic mass is 9.94. The Bertz CT molecular complexity index is 186. The molecule has 17 heavy (non-hydrogen) atoms. The predicted molar refractivity (Wildman–Crippen MR) is 75.2 cm³/mol. The number of nitrogens with two attached hydrogens (primary N) is 1. The molecule has 3 heteroatoms. The van der Waals surface area contributed by atoms with Gasteiger partial charge in [0.1, 0.15) is 0 Å². The van der Waals surface area contributed by atoms with Gasteiger partial charge in [0.15, 0.2) is 0 Å². The highest BCUT2D eigenvalue weighted by molar-refractivity contribution is 4.71. The monoisotopic (exact) mass is 241 g/mol. The summed E-state index contributed by atoms with van der Waals surface area (Å²) in [6.07, 6.45) is 6.55. The average Bonchev–Trinajstić information content (AvgIpc) is 2.28. The summed E-state index contributed by atoms with van der Waals surface area (Å²) in [7, 11) is 4.48. The summed E-state index contributed by atoms with van der Waals surface area (Å²) < 4.78 is 0. The molecule has 1 rings (SSSR count). The zero-order chi connectivity index (χ0) is 12.7. The summed E-state index contributed by atoms with van der Waals surface area (Å²) in [4.78, 5) is 4.92. The lowest BCUT2D eigenvalue weighted by Gasteiger charge is -2.30. The molecule has 0 radical (unpaired) electrons. The summed E-state index contributed by atoms with van der Waals surface area (Å²) in [5, 5.41) is 0. The van der Waals surface area contributed by atoms with Crippen LogP contribution in [-0.2, 0) is 0 Å². The molecule has 0 aromatic carbocycles. The van der Waals surface area contributed by atoms with Crippen molar-refractivity contribution in [3.05, 3.63) is 0 Å². The molecule has 102 valence electrons. The third kappa shape index (κ3) is 7.02. The molecule has 1 saturated heterocycles. The van der Waals surface area contributed by atoms with Gasteiger partial charge in [-0.1, -0.05) is 0 Å². The van der Waals surface area contributed by atoms with Gasteiger partial charge in [0.25, 0.3) is 0 Å². The van der Waals surface area contributed by atoms with E-state index in [-0.39, 0.29) is 0 Å². The Morgan fingerprint density at radius 1 is 1.29 bits per heavy atom. The molecule has 0 bridgehead atoms. The molecule has 2 N–H and O–H groups in total. The van der Waals surface area contributed by atoms with Gasteiger partial charge in [-0.2, -0.15) is 0 Å². The van der Waals surface area contributed by atoms with Gasteiger partial charge < -0.3 is 15.5 Å². The minimum Gasteiger partial charge on any atom is -0.328 e. The van der Waals surface area contributed by atoms with E-state index in [0.29, 0.717) is 6.04 Å². The largest absolute Gasteiger partial charge is 0.328 e. The molecule has 0 spiro atoms. The van der Waals surface area contributed by atoms with Crippen LogP contribution in [0.1, 0.15) is 39.0 Å². The van der Waals surface area contributed by atoms with E-state index in [1.165, 1.54) is 51.9 Å². The molecule has 0 saturated carbocycles. The first-order valence-corrected chi connectivity index (χ1v) is 7.20. The molecule has 1 atom stereocenters. The van der Waals surface area contributed by atoms with Crippen LogP contribution in [0, 0.1) is 5.92 Å². The van der Waals surface area contributed by atoms with Crippen molar-refractivity contribution in [2.45, 2.75) is 45.1 Å². The van der Waals surface area contributed by atoms with Crippen LogP contribution in [0.3, 0.4) is 0 Å². The average molecular weight is 241 g/mol. The van der Waals surface area contributed by atoms with E-state index in [1.807, 2.05) is 0 Å². The molecule has 1 aliphatic rings. The predicted octanol–water partition coefficient (Wildman–Crippen LogP) is 1.78. The first-order chi connectivity index (χ1) is 8.08. The van der Waals surface area contributed by atoms with Gasteiger partial charge >= 0.3 is 0 Å². The fourth-order valence-electron chi connectivity index (χ4n) is 2.55. The maximum absolute atomic E-state index is 5.76. The Morgan fingerprint density at radius 3 is 2.53 bits per heavy atom. The zero-order valence-corrected chi connectivity index (χ0v) is 12.0. The number of nitrogens with zero attached hydrogens (tertiary/aromatic N) is 2. The van der Waals surface area contributed by atoms with Gasteiger partial charge in [-0.05, 0) is 85.2 Å². The fraction of sp³-hybridized carbons (Fsp3) is 1.00. The van der Waals surface area contributed by atoms with Crippen LogP contribution >= 0.6 is 0 Å². The number of likely N-dealkylation sites (tertiary alicyclic amines) is 1. The molecular weight excluding hydrogens is 210 g/mol. The van der Waals surface area contributed by atoms with Crippen molar-refractivity contribution >= 4 is 0 Å². The summed E-state index contributed by atoms with van der Waals surface area (Å²) in [5.41, 5.74) is 5.76. The molecule has 0 aromatic heterocycles. The highest BCUT2D eigenvalue weighted by Crippen LogP contribution is 2.19. The summed E-state index contributed by atoms with van der Waals surface area (Å²) in [6.45, 7) is 7.14. The van der Waals surface area contributed by atoms with Crippen LogP contribution in [0.25, 0.3) is 0 Å². The van der Waals surface area contributed by atoms with Crippen molar-refractivity contribution in [3.63, 3.8) is 0 Å². The second-order valence-corrected chi connectivity index (χ2v) is 5.96. The Morgan fingerprint density at radius 2 is 1.94 bits per heavy atom. The maximum Gasteiger partial charge on any atom is 0.00109 e. The van der Waals surface area contributed by atoms with E-state index < -0.39 is 0 Å². The van der Waals surface area contributed by atoms with Crippen molar-refractivity contribution in [1.82, 2.24) is 9.80 Å². The van der Waals surface area contributed by atoms with Crippen molar-refractivity contribution in [2.75, 3.05) is 40.3 Å². The number of piperidine rings is 1. The van der Waals surface area contributed by atoms with Crippen LogP contribution < -0.4 is 5.73 Å². The molecule has 0 aromatic rings. The first-order valence-electron chi connectivity index (χ1n) is 7.20. The van der Waals surface area contributed by atoms with Gasteiger partial charge in [-0.25, -0.2) is 0 Å². The van der Waals surface area contributed by atoms with Crippen molar-refractivity contribution in [2.24, 2.45) is 11.7 Å². The van der Waals surface area contributed by atoms with Gasteiger partial charge in [-0.3, -0.25) is 0 Å². The Labute approximate surface area is 107 Å². The van der Waals surface area contributed by atoms with Crippen LogP contribution in [0.5, 0.6) is 0 Å². The van der Waals surface area contributed by atoms with Gasteiger partial charge in [0, 0.05) is 6.04 Å². The van der Waals surface area contributed by atoms with Gasteiger partial charge in [-0.15, -0.1) is 0 Å². The first kappa shape index (κ1) is 14.9. The van der Waals surface area contributed by atoms with E-state index in [9.17, 15) is 0 Å². The lowest BCUT2D eigenvalue weighted by molar-refractivity contribution is 0.195. The van der Waals surface area contributed by atoms with Crippen LogP contribution in [0.15, 0.2) is 0 Å². The molecule has 1 heterocycles. The fourth-order valence-corrected chi connectivity index (χ4v) is 2.55. The Balaban J connectivity index is 2.01. The number of hydrogen-bond donors (Lipinski definition) is 1. The minimum absolute atomic E-state index is 0.359. The van der Waals surface area contributed by atoms with E-state index in [0.717, 1.165) is 12.3 Å². The van der Waals surface area contributed by atoms with Crippen LogP contribution in [-0.4, -0.2) is 56.1 Å². The number of rotatable bonds is 7. The lowest BCUT2D eigenvalue weighted by Crippen LogP contribution is -2.32. The van der Waals surface area contributed by atoms with Gasteiger partial charge in [0.2, 0.25) is 0 Å².